The Bertz CT molecular complexity index is 1020. The number of methoxy groups -OCH3 is 1. The molecule has 2 aromatic rings. The number of aryl methyl sites for hydroxylation is 3. The summed E-state index contributed by atoms with van der Waals surface area (Å²) in [5, 5.41) is 2.95. The average molecular weight is 465 g/mol. The van der Waals surface area contributed by atoms with Crippen LogP contribution in [0, 0.1) is 20.8 Å². The fourth-order valence-corrected chi connectivity index (χ4v) is 5.34. The number of benzene rings is 2. The molecule has 0 aromatic heterocycles. The lowest BCUT2D eigenvalue weighted by Gasteiger charge is -2.23. The zero-order valence-corrected chi connectivity index (χ0v) is 20.6. The Hall–Kier alpha value is -2.03. The van der Waals surface area contributed by atoms with Gasteiger partial charge in [-0.25, -0.2) is 8.42 Å². The van der Waals surface area contributed by atoms with Crippen LogP contribution in [0.25, 0.3) is 0 Å². The van der Waals surface area contributed by atoms with Crippen molar-refractivity contribution in [1.29, 1.82) is 0 Å². The number of ether oxygens (including phenoxy) is 1. The third-order valence-electron chi connectivity index (χ3n) is 5.07. The Kier molecular flexibility index (Phi) is 8.97. The normalized spacial score (nSPS) is 13.5. The molecular weight excluding hydrogens is 432 g/mol. The number of carbonyl (C=O) groups excluding carboxylic acids is 1. The van der Waals surface area contributed by atoms with Gasteiger partial charge in [0.25, 0.3) is 0 Å². The Morgan fingerprint density at radius 1 is 1.10 bits per heavy atom. The number of hydrogen-bond donors (Lipinski definition) is 2. The van der Waals surface area contributed by atoms with Gasteiger partial charge < -0.3 is 10.1 Å². The van der Waals surface area contributed by atoms with Gasteiger partial charge in [0, 0.05) is 5.56 Å². The molecule has 0 saturated heterocycles. The molecule has 2 unspecified atom stereocenters. The number of sulfonamides is 1. The van der Waals surface area contributed by atoms with Crippen molar-refractivity contribution in [2.24, 2.45) is 0 Å². The van der Waals surface area contributed by atoms with E-state index in [-0.39, 0.29) is 16.8 Å². The molecule has 0 aliphatic rings. The van der Waals surface area contributed by atoms with E-state index in [1.54, 1.807) is 37.9 Å². The Morgan fingerprint density at radius 2 is 1.74 bits per heavy atom. The van der Waals surface area contributed by atoms with Crippen LogP contribution in [0.5, 0.6) is 5.75 Å². The molecule has 0 fully saturated rings. The molecule has 31 heavy (non-hydrogen) atoms. The van der Waals surface area contributed by atoms with Gasteiger partial charge in [0.1, 0.15) is 11.8 Å². The van der Waals surface area contributed by atoms with E-state index < -0.39 is 16.1 Å². The highest BCUT2D eigenvalue weighted by Crippen LogP contribution is 2.26. The Balaban J connectivity index is 2.26. The first-order valence-electron chi connectivity index (χ1n) is 10.1. The summed E-state index contributed by atoms with van der Waals surface area (Å²) in [6, 6.07) is 9.80. The van der Waals surface area contributed by atoms with E-state index in [0.717, 1.165) is 16.7 Å². The van der Waals surface area contributed by atoms with Crippen molar-refractivity contribution < 1.29 is 17.9 Å². The minimum Gasteiger partial charge on any atom is -0.496 e. The van der Waals surface area contributed by atoms with Crippen LogP contribution < -0.4 is 14.8 Å². The van der Waals surface area contributed by atoms with Crippen molar-refractivity contribution >= 4 is 27.7 Å². The van der Waals surface area contributed by atoms with Crippen LogP contribution in [-0.4, -0.2) is 39.5 Å². The van der Waals surface area contributed by atoms with E-state index in [9.17, 15) is 13.2 Å². The second-order valence-corrected chi connectivity index (χ2v) is 10.4. The quantitative estimate of drug-likeness (QED) is 0.557. The summed E-state index contributed by atoms with van der Waals surface area (Å²) in [4.78, 5) is 13.3. The first kappa shape index (κ1) is 25.2. The molecule has 2 N–H and O–H groups in total. The third-order valence-corrected chi connectivity index (χ3v) is 7.33. The summed E-state index contributed by atoms with van der Waals surface area (Å²) in [7, 11) is -2.27. The Morgan fingerprint density at radius 3 is 2.39 bits per heavy atom. The largest absolute Gasteiger partial charge is 0.496 e. The molecule has 0 heterocycles. The predicted molar refractivity (Wildman–Crippen MR) is 127 cm³/mol. The monoisotopic (exact) mass is 464 g/mol. The SMILES string of the molecule is COc1ccc(C)cc1C(C)NC(=O)C(CCSC)NS(=O)(=O)c1cc(C)ccc1C. The molecular formula is C23H32N2O4S2. The summed E-state index contributed by atoms with van der Waals surface area (Å²) in [5.41, 5.74) is 3.37. The number of carbonyl (C=O) groups is 1. The van der Waals surface area contributed by atoms with Crippen molar-refractivity contribution in [2.75, 3.05) is 19.1 Å². The second-order valence-electron chi connectivity index (χ2n) is 7.70. The summed E-state index contributed by atoms with van der Waals surface area (Å²) in [5.74, 6) is 0.962. The van der Waals surface area contributed by atoms with Crippen LogP contribution in [0.1, 0.15) is 41.6 Å². The number of thioether (sulfide) groups is 1. The van der Waals surface area contributed by atoms with E-state index >= 15 is 0 Å². The fourth-order valence-electron chi connectivity index (χ4n) is 3.31. The Labute approximate surface area is 190 Å². The first-order chi connectivity index (χ1) is 14.6. The standard InChI is InChI=1S/C23H32N2O4S2/c1-15-8-10-21(29-5)19(13-15)18(4)24-23(26)20(11-12-30-6)25-31(27,28)22-14-16(2)7-9-17(22)3/h7-10,13-14,18,20,25H,11-12H2,1-6H3,(H,24,26). The zero-order valence-electron chi connectivity index (χ0n) is 19.0. The van der Waals surface area contributed by atoms with Gasteiger partial charge in [-0.05, 0) is 69.4 Å². The van der Waals surface area contributed by atoms with Gasteiger partial charge in [0.05, 0.1) is 18.0 Å². The third kappa shape index (κ3) is 6.72. The molecule has 0 aliphatic carbocycles. The van der Waals surface area contributed by atoms with Crippen molar-refractivity contribution in [3.8, 4) is 5.75 Å². The summed E-state index contributed by atoms with van der Waals surface area (Å²) < 4.78 is 34.2. The molecule has 8 heteroatoms. The molecule has 0 saturated carbocycles. The van der Waals surface area contributed by atoms with E-state index in [2.05, 4.69) is 10.0 Å². The van der Waals surface area contributed by atoms with Gasteiger partial charge >= 0.3 is 0 Å². The second kappa shape index (κ2) is 11.0. The highest BCUT2D eigenvalue weighted by molar-refractivity contribution is 7.98. The van der Waals surface area contributed by atoms with Crippen LogP contribution >= 0.6 is 11.8 Å². The van der Waals surface area contributed by atoms with Crippen molar-refractivity contribution in [2.45, 2.75) is 51.1 Å². The molecule has 170 valence electrons. The number of hydrogen-bond acceptors (Lipinski definition) is 5. The minimum absolute atomic E-state index is 0.197. The van der Waals surface area contributed by atoms with Crippen LogP contribution in [-0.2, 0) is 14.8 Å². The molecule has 2 atom stereocenters. The molecule has 0 bridgehead atoms. The molecule has 2 aromatic carbocycles. The van der Waals surface area contributed by atoms with Crippen LogP contribution in [0.4, 0.5) is 0 Å². The van der Waals surface area contributed by atoms with Gasteiger partial charge in [0.2, 0.25) is 15.9 Å². The van der Waals surface area contributed by atoms with Gasteiger partial charge in [-0.15, -0.1) is 0 Å². The molecule has 1 amide bonds. The molecule has 2 rings (SSSR count). The maximum absolute atomic E-state index is 13.1. The zero-order chi connectivity index (χ0) is 23.2. The van der Waals surface area contributed by atoms with Crippen molar-refractivity contribution in [3.63, 3.8) is 0 Å². The summed E-state index contributed by atoms with van der Waals surface area (Å²) >= 11 is 1.56. The first-order valence-corrected chi connectivity index (χ1v) is 13.0. The minimum atomic E-state index is -3.85. The van der Waals surface area contributed by atoms with Gasteiger partial charge in [0.15, 0.2) is 0 Å². The van der Waals surface area contributed by atoms with Crippen molar-refractivity contribution in [3.05, 3.63) is 58.7 Å². The maximum Gasteiger partial charge on any atom is 0.241 e. The average Bonchev–Trinajstić information content (AvgIpc) is 2.72. The molecule has 0 aliphatic heterocycles. The summed E-state index contributed by atoms with van der Waals surface area (Å²) in [6.45, 7) is 7.42. The topological polar surface area (TPSA) is 84.5 Å². The molecule has 0 spiro atoms. The number of rotatable bonds is 10. The lowest BCUT2D eigenvalue weighted by Crippen LogP contribution is -2.47. The number of amides is 1. The lowest BCUT2D eigenvalue weighted by atomic mass is 10.0. The van der Waals surface area contributed by atoms with Gasteiger partial charge in [-0.3, -0.25) is 4.79 Å². The van der Waals surface area contributed by atoms with Gasteiger partial charge in [-0.1, -0.05) is 29.8 Å². The predicted octanol–water partition coefficient (Wildman–Crippen LogP) is 3.90. The van der Waals surface area contributed by atoms with Crippen LogP contribution in [0.2, 0.25) is 0 Å². The van der Waals surface area contributed by atoms with E-state index in [1.807, 2.05) is 51.3 Å². The lowest BCUT2D eigenvalue weighted by molar-refractivity contribution is -0.123. The molecule has 0 radical (unpaired) electrons. The van der Waals surface area contributed by atoms with E-state index in [4.69, 9.17) is 4.74 Å². The molecule has 6 nitrogen and oxygen atoms in total. The smallest absolute Gasteiger partial charge is 0.241 e. The highest BCUT2D eigenvalue weighted by Gasteiger charge is 2.28. The summed E-state index contributed by atoms with van der Waals surface area (Å²) in [6.07, 6.45) is 2.31. The van der Waals surface area contributed by atoms with Crippen LogP contribution in [0.3, 0.4) is 0 Å². The fraction of sp³-hybridized carbons (Fsp3) is 0.435. The van der Waals surface area contributed by atoms with E-state index in [1.165, 1.54) is 0 Å². The van der Waals surface area contributed by atoms with Gasteiger partial charge in [-0.2, -0.15) is 16.5 Å². The highest BCUT2D eigenvalue weighted by atomic mass is 32.2. The van der Waals surface area contributed by atoms with Crippen LogP contribution in [0.15, 0.2) is 41.3 Å². The van der Waals surface area contributed by atoms with Crippen molar-refractivity contribution in [1.82, 2.24) is 10.0 Å². The number of nitrogens with one attached hydrogen (secondary N) is 2. The van der Waals surface area contributed by atoms with E-state index in [0.29, 0.717) is 23.5 Å². The maximum atomic E-state index is 13.1.